The molecule has 242 valence electrons. The summed E-state index contributed by atoms with van der Waals surface area (Å²) in [6.45, 7) is 8.41. The predicted octanol–water partition coefficient (Wildman–Crippen LogP) is 3.35. The molecule has 0 saturated carbocycles. The van der Waals surface area contributed by atoms with Crippen molar-refractivity contribution in [2.24, 2.45) is 0 Å². The highest BCUT2D eigenvalue weighted by Crippen LogP contribution is 2.33. The van der Waals surface area contributed by atoms with E-state index in [9.17, 15) is 19.5 Å². The molecule has 4 N–H and O–H groups in total. The van der Waals surface area contributed by atoms with Crippen molar-refractivity contribution in [3.05, 3.63) is 115 Å². The number of rotatable bonds is 15. The number of piperazine rings is 1. The summed E-state index contributed by atoms with van der Waals surface area (Å²) in [7, 11) is 1.54. The molecule has 0 aliphatic carbocycles. The van der Waals surface area contributed by atoms with Crippen LogP contribution in [0.3, 0.4) is 0 Å². The first-order valence-electron chi connectivity index (χ1n) is 15.0. The highest BCUT2D eigenvalue weighted by atomic mass is 16.5. The van der Waals surface area contributed by atoms with Gasteiger partial charge in [-0.05, 0) is 29.3 Å². The van der Waals surface area contributed by atoms with Crippen LogP contribution in [0.2, 0.25) is 0 Å². The van der Waals surface area contributed by atoms with Crippen molar-refractivity contribution >= 4 is 17.8 Å². The number of para-hydroxylation sites is 1. The second-order valence-electron chi connectivity index (χ2n) is 10.7. The van der Waals surface area contributed by atoms with Crippen molar-refractivity contribution in [3.8, 4) is 17.2 Å². The molecule has 0 bridgehead atoms. The predicted molar refractivity (Wildman–Crippen MR) is 175 cm³/mol. The lowest BCUT2D eigenvalue weighted by Gasteiger charge is -2.46. The smallest absolute Gasteiger partial charge is 0.316 e. The van der Waals surface area contributed by atoms with E-state index in [1.807, 2.05) is 42.5 Å². The Kier molecular flexibility index (Phi) is 12.2. The van der Waals surface area contributed by atoms with Crippen LogP contribution in [0.5, 0.6) is 17.2 Å². The molecule has 1 fully saturated rings. The summed E-state index contributed by atoms with van der Waals surface area (Å²) >= 11 is 0. The third-order valence-electron chi connectivity index (χ3n) is 7.46. The number of carbonyl (C=O) groups is 3. The molecule has 1 aliphatic heterocycles. The number of hydrogen-bond acceptors (Lipinski definition) is 7. The number of phenols is 1. The van der Waals surface area contributed by atoms with E-state index < -0.39 is 18.2 Å². The van der Waals surface area contributed by atoms with Gasteiger partial charge in [0.05, 0.1) is 20.2 Å². The first-order chi connectivity index (χ1) is 22.3. The Morgan fingerprint density at radius 3 is 2.46 bits per heavy atom. The number of phenolic OH excluding ortho intramolecular Hbond substituents is 1. The van der Waals surface area contributed by atoms with Gasteiger partial charge in [-0.3, -0.25) is 9.59 Å². The van der Waals surface area contributed by atoms with Gasteiger partial charge in [-0.15, -0.1) is 6.58 Å². The summed E-state index contributed by atoms with van der Waals surface area (Å²) in [5, 5.41) is 18.7. The van der Waals surface area contributed by atoms with E-state index in [0.29, 0.717) is 23.6 Å². The minimum absolute atomic E-state index is 0.0228. The Labute approximate surface area is 269 Å². The number of methoxy groups -OCH3 is 1. The van der Waals surface area contributed by atoms with E-state index in [1.54, 1.807) is 35.3 Å². The summed E-state index contributed by atoms with van der Waals surface area (Å²) in [6.07, 6.45) is 2.55. The summed E-state index contributed by atoms with van der Waals surface area (Å²) < 4.78 is 11.5. The lowest BCUT2D eigenvalue weighted by atomic mass is 9.99. The molecule has 0 spiro atoms. The lowest BCUT2D eigenvalue weighted by Crippen LogP contribution is -2.69. The molecular formula is C35H41N5O6. The Balaban J connectivity index is 1.68. The van der Waals surface area contributed by atoms with Gasteiger partial charge in [-0.25, -0.2) is 4.79 Å². The highest BCUT2D eigenvalue weighted by Gasteiger charge is 2.44. The van der Waals surface area contributed by atoms with Crippen LogP contribution in [0.1, 0.15) is 16.7 Å². The van der Waals surface area contributed by atoms with Crippen LogP contribution in [0, 0.1) is 0 Å². The maximum atomic E-state index is 14.3. The maximum Gasteiger partial charge on any atom is 0.316 e. The first-order valence-corrected chi connectivity index (χ1v) is 15.0. The Hall–Kier alpha value is -5.29. The lowest BCUT2D eigenvalue weighted by molar-refractivity contribution is -0.157. The molecule has 2 atom stereocenters. The van der Waals surface area contributed by atoms with Crippen LogP contribution in [0.15, 0.2) is 98.1 Å². The fraction of sp³-hybridized carbons (Fsp3) is 0.286. The van der Waals surface area contributed by atoms with Crippen molar-refractivity contribution in [2.75, 3.05) is 33.4 Å². The van der Waals surface area contributed by atoms with Crippen LogP contribution in [0.25, 0.3) is 0 Å². The summed E-state index contributed by atoms with van der Waals surface area (Å²) in [5.74, 6) is 0.407. The Morgan fingerprint density at radius 2 is 1.76 bits per heavy atom. The van der Waals surface area contributed by atoms with Crippen molar-refractivity contribution in [1.82, 2.24) is 25.8 Å². The van der Waals surface area contributed by atoms with Gasteiger partial charge in [0, 0.05) is 31.6 Å². The zero-order valence-corrected chi connectivity index (χ0v) is 26.0. The number of nitrogens with one attached hydrogen (secondary N) is 3. The summed E-state index contributed by atoms with van der Waals surface area (Å²) in [5.41, 5.74) is 2.34. The van der Waals surface area contributed by atoms with Gasteiger partial charge >= 0.3 is 6.03 Å². The van der Waals surface area contributed by atoms with E-state index in [2.05, 4.69) is 29.1 Å². The molecule has 0 radical (unpaired) electrons. The van der Waals surface area contributed by atoms with Crippen LogP contribution in [-0.2, 0) is 29.1 Å². The van der Waals surface area contributed by atoms with Gasteiger partial charge in [-0.2, -0.15) is 0 Å². The zero-order valence-electron chi connectivity index (χ0n) is 26.0. The number of hydrogen-bond donors (Lipinski definition) is 4. The second kappa shape index (κ2) is 16.7. The van der Waals surface area contributed by atoms with Gasteiger partial charge < -0.3 is 40.3 Å². The number of nitrogens with zero attached hydrogens (tertiary/aromatic N) is 2. The fourth-order valence-electron chi connectivity index (χ4n) is 5.29. The number of ether oxygens (including phenoxy) is 2. The zero-order chi connectivity index (χ0) is 32.9. The molecule has 4 rings (SSSR count). The molecular weight excluding hydrogens is 586 g/mol. The van der Waals surface area contributed by atoms with E-state index in [0.717, 1.165) is 11.1 Å². The molecule has 0 aromatic heterocycles. The fourth-order valence-corrected chi connectivity index (χ4v) is 5.29. The molecule has 11 nitrogen and oxygen atoms in total. The third kappa shape index (κ3) is 8.89. The highest BCUT2D eigenvalue weighted by molar-refractivity contribution is 5.91. The van der Waals surface area contributed by atoms with Crippen molar-refractivity contribution in [1.29, 1.82) is 0 Å². The minimum atomic E-state index is -0.959. The molecule has 1 heterocycles. The van der Waals surface area contributed by atoms with E-state index in [1.165, 1.54) is 24.1 Å². The van der Waals surface area contributed by atoms with Crippen molar-refractivity contribution < 1.29 is 29.0 Å². The van der Waals surface area contributed by atoms with Crippen molar-refractivity contribution in [2.45, 2.75) is 31.7 Å². The number of urea groups is 1. The number of amides is 4. The number of carbonyl (C=O) groups excluding carboxylic acids is 3. The summed E-state index contributed by atoms with van der Waals surface area (Å²) in [4.78, 5) is 44.4. The quantitative estimate of drug-likeness (QED) is 0.150. The van der Waals surface area contributed by atoms with Crippen LogP contribution in [-0.4, -0.2) is 78.3 Å². The van der Waals surface area contributed by atoms with Gasteiger partial charge in [-0.1, -0.05) is 73.3 Å². The topological polar surface area (TPSA) is 132 Å². The van der Waals surface area contributed by atoms with E-state index in [-0.39, 0.29) is 56.8 Å². The molecule has 3 aromatic rings. The molecule has 4 amide bonds. The normalized spacial score (nSPS) is 16.0. The second-order valence-corrected chi connectivity index (χ2v) is 10.7. The first kappa shape index (κ1) is 33.6. The monoisotopic (exact) mass is 627 g/mol. The van der Waals surface area contributed by atoms with Gasteiger partial charge in [0.15, 0.2) is 11.5 Å². The number of benzene rings is 3. The average molecular weight is 628 g/mol. The molecule has 46 heavy (non-hydrogen) atoms. The molecule has 11 heteroatoms. The van der Waals surface area contributed by atoms with Crippen LogP contribution < -0.4 is 25.4 Å². The SMILES string of the molecule is C=CCNCC(=O)N1[C@@H](NC(=O)NCc2ccccc2)CN(Cc2cccc(OC)c2OCC=C)C(=O)[C@@H]1Cc1ccc(O)cc1. The largest absolute Gasteiger partial charge is 0.508 e. The maximum absolute atomic E-state index is 14.3. The Bertz CT molecular complexity index is 1500. The van der Waals surface area contributed by atoms with E-state index >= 15 is 0 Å². The number of aromatic hydroxyl groups is 1. The van der Waals surface area contributed by atoms with Gasteiger partial charge in [0.2, 0.25) is 11.8 Å². The summed E-state index contributed by atoms with van der Waals surface area (Å²) in [6, 6.07) is 19.9. The van der Waals surface area contributed by atoms with E-state index in [4.69, 9.17) is 9.47 Å². The molecule has 0 unspecified atom stereocenters. The van der Waals surface area contributed by atoms with Gasteiger partial charge in [0.25, 0.3) is 0 Å². The molecule has 1 aliphatic rings. The molecule has 3 aromatic carbocycles. The minimum Gasteiger partial charge on any atom is -0.508 e. The van der Waals surface area contributed by atoms with Crippen LogP contribution in [0.4, 0.5) is 4.79 Å². The Morgan fingerprint density at radius 1 is 1.00 bits per heavy atom. The standard InChI is InChI=1S/C35H41N5O6/c1-4-18-36-22-32(42)40-29(20-25-14-16-28(41)17-15-25)34(43)39(23-27-12-9-13-30(45-3)33(27)46-19-5-2)24-31(40)38-35(44)37-21-26-10-7-6-8-11-26/h4-17,29,31,36,41H,1-2,18-24H2,3H3,(H2,37,38,44)/t29-,31+/m0/s1. The molecule has 1 saturated heterocycles. The average Bonchev–Trinajstić information content (AvgIpc) is 3.06. The third-order valence-corrected chi connectivity index (χ3v) is 7.46. The van der Waals surface area contributed by atoms with Gasteiger partial charge in [0.1, 0.15) is 24.6 Å². The van der Waals surface area contributed by atoms with Crippen LogP contribution >= 0.6 is 0 Å². The van der Waals surface area contributed by atoms with Crippen molar-refractivity contribution in [3.63, 3.8) is 0 Å².